The Morgan fingerprint density at radius 1 is 1.17 bits per heavy atom. The predicted octanol–water partition coefficient (Wildman–Crippen LogP) is 4.09. The van der Waals surface area contributed by atoms with Gasteiger partial charge < -0.3 is 10.2 Å². The average molecular weight is 383 g/mol. The quantitative estimate of drug-likeness (QED) is 0.868. The molecule has 2 heterocycles. The third-order valence-corrected chi connectivity index (χ3v) is 5.44. The summed E-state index contributed by atoms with van der Waals surface area (Å²) >= 11 is 13.4. The fraction of sp³-hybridized carbons (Fsp3) is 0.294. The molecule has 2 amide bonds. The molecular formula is C17H16Cl2N2O2S. The molecule has 1 aromatic heterocycles. The van der Waals surface area contributed by atoms with Gasteiger partial charge in [0.2, 0.25) is 0 Å². The van der Waals surface area contributed by atoms with E-state index in [1.807, 2.05) is 11.4 Å². The van der Waals surface area contributed by atoms with E-state index in [9.17, 15) is 9.59 Å². The smallest absolute Gasteiger partial charge is 0.261 e. The molecule has 0 bridgehead atoms. The minimum absolute atomic E-state index is 0.0458. The number of carbonyl (C=O) groups is 2. The molecule has 1 N–H and O–H groups in total. The van der Waals surface area contributed by atoms with Crippen LogP contribution in [0.4, 0.5) is 0 Å². The molecule has 0 spiro atoms. The summed E-state index contributed by atoms with van der Waals surface area (Å²) in [5.41, 5.74) is 0.460. The second-order valence-electron chi connectivity index (χ2n) is 5.64. The van der Waals surface area contributed by atoms with Gasteiger partial charge in [-0.3, -0.25) is 9.59 Å². The first-order valence-electron chi connectivity index (χ1n) is 7.63. The van der Waals surface area contributed by atoms with Crippen molar-refractivity contribution in [1.29, 1.82) is 0 Å². The number of carbonyl (C=O) groups excluding carboxylic acids is 2. The highest BCUT2D eigenvalue weighted by Crippen LogP contribution is 2.24. The highest BCUT2D eigenvalue weighted by molar-refractivity contribution is 7.12. The zero-order chi connectivity index (χ0) is 17.1. The summed E-state index contributed by atoms with van der Waals surface area (Å²) in [6.45, 7) is 1.18. The van der Waals surface area contributed by atoms with E-state index in [1.165, 1.54) is 11.3 Å². The highest BCUT2D eigenvalue weighted by atomic mass is 35.5. The van der Waals surface area contributed by atoms with Gasteiger partial charge in [-0.05, 0) is 42.5 Å². The number of piperidine rings is 1. The Kier molecular flexibility index (Phi) is 5.43. The van der Waals surface area contributed by atoms with Crippen LogP contribution in [-0.4, -0.2) is 35.8 Å². The van der Waals surface area contributed by atoms with Crippen LogP contribution in [0.2, 0.25) is 10.0 Å². The highest BCUT2D eigenvalue weighted by Gasteiger charge is 2.26. The first-order chi connectivity index (χ1) is 11.5. The molecule has 126 valence electrons. The largest absolute Gasteiger partial charge is 0.348 e. The number of hydrogen-bond donors (Lipinski definition) is 1. The van der Waals surface area contributed by atoms with Gasteiger partial charge >= 0.3 is 0 Å². The molecule has 0 atom stereocenters. The molecule has 24 heavy (non-hydrogen) atoms. The zero-order valence-corrected chi connectivity index (χ0v) is 15.1. The van der Waals surface area contributed by atoms with E-state index >= 15 is 0 Å². The molecule has 4 nitrogen and oxygen atoms in total. The van der Waals surface area contributed by atoms with Crippen LogP contribution < -0.4 is 5.32 Å². The number of amides is 2. The van der Waals surface area contributed by atoms with Gasteiger partial charge in [0, 0.05) is 24.2 Å². The Labute approximate surface area is 154 Å². The van der Waals surface area contributed by atoms with Crippen LogP contribution in [0.1, 0.15) is 32.9 Å². The number of likely N-dealkylation sites (tertiary alicyclic amines) is 1. The van der Waals surface area contributed by atoms with E-state index in [-0.39, 0.29) is 17.9 Å². The van der Waals surface area contributed by atoms with E-state index in [2.05, 4.69) is 5.32 Å². The maximum Gasteiger partial charge on any atom is 0.261 e. The van der Waals surface area contributed by atoms with Crippen molar-refractivity contribution in [2.75, 3.05) is 13.1 Å². The van der Waals surface area contributed by atoms with Gasteiger partial charge in [0.25, 0.3) is 11.8 Å². The fourth-order valence-electron chi connectivity index (χ4n) is 2.72. The van der Waals surface area contributed by atoms with Gasteiger partial charge in [0.05, 0.1) is 15.5 Å². The molecule has 7 heteroatoms. The van der Waals surface area contributed by atoms with Crippen LogP contribution in [0.25, 0.3) is 0 Å². The lowest BCUT2D eigenvalue weighted by molar-refractivity contribution is 0.0698. The molecule has 3 rings (SSSR count). The lowest BCUT2D eigenvalue weighted by Gasteiger charge is -2.32. The zero-order valence-electron chi connectivity index (χ0n) is 12.8. The maximum atomic E-state index is 12.6. The molecule has 0 saturated carbocycles. The lowest BCUT2D eigenvalue weighted by atomic mass is 10.0. The predicted molar refractivity (Wildman–Crippen MR) is 97.2 cm³/mol. The van der Waals surface area contributed by atoms with Crippen LogP contribution in [0.3, 0.4) is 0 Å². The molecule has 1 aliphatic heterocycles. The van der Waals surface area contributed by atoms with Crippen molar-refractivity contribution in [2.24, 2.45) is 0 Å². The first-order valence-corrected chi connectivity index (χ1v) is 9.27. The van der Waals surface area contributed by atoms with Crippen LogP contribution in [0.5, 0.6) is 0 Å². The lowest BCUT2D eigenvalue weighted by Crippen LogP contribution is -2.46. The SMILES string of the molecule is O=C(NC1CCN(C(=O)c2ccc(Cl)cc2Cl)CC1)c1cccs1. The Bertz CT molecular complexity index is 741. The van der Waals surface area contributed by atoms with Crippen molar-refractivity contribution in [3.05, 3.63) is 56.2 Å². The van der Waals surface area contributed by atoms with Crippen LogP contribution in [0, 0.1) is 0 Å². The summed E-state index contributed by atoms with van der Waals surface area (Å²) in [6, 6.07) is 8.64. The monoisotopic (exact) mass is 382 g/mol. The normalized spacial score (nSPS) is 15.3. The molecule has 1 aliphatic rings. The van der Waals surface area contributed by atoms with Gasteiger partial charge in [-0.25, -0.2) is 0 Å². The fourth-order valence-corrected chi connectivity index (χ4v) is 3.84. The number of nitrogens with zero attached hydrogens (tertiary/aromatic N) is 1. The second kappa shape index (κ2) is 7.55. The second-order valence-corrected chi connectivity index (χ2v) is 7.43. The van der Waals surface area contributed by atoms with Gasteiger partial charge in [-0.1, -0.05) is 29.3 Å². The Morgan fingerprint density at radius 2 is 1.92 bits per heavy atom. The standard InChI is InChI=1S/C17H16Cl2N2O2S/c18-11-3-4-13(14(19)10-11)17(23)21-7-5-12(6-8-21)20-16(22)15-2-1-9-24-15/h1-4,9-10,12H,5-8H2,(H,20,22). The van der Waals surface area contributed by atoms with E-state index in [0.717, 1.165) is 12.8 Å². The molecule has 2 aromatic rings. The Morgan fingerprint density at radius 3 is 2.54 bits per heavy atom. The molecule has 0 radical (unpaired) electrons. The average Bonchev–Trinajstić information content (AvgIpc) is 3.09. The number of hydrogen-bond acceptors (Lipinski definition) is 3. The maximum absolute atomic E-state index is 12.6. The summed E-state index contributed by atoms with van der Waals surface area (Å²) < 4.78 is 0. The molecule has 1 fully saturated rings. The summed E-state index contributed by atoms with van der Waals surface area (Å²) in [5.74, 6) is -0.143. The summed E-state index contributed by atoms with van der Waals surface area (Å²) in [4.78, 5) is 27.1. The molecule has 1 aromatic carbocycles. The molecule has 0 unspecified atom stereocenters. The number of rotatable bonds is 3. The number of halogens is 2. The number of benzene rings is 1. The van der Waals surface area contributed by atoms with Crippen LogP contribution in [0.15, 0.2) is 35.7 Å². The first kappa shape index (κ1) is 17.3. The molecule has 1 saturated heterocycles. The summed E-state index contributed by atoms with van der Waals surface area (Å²) in [5, 5.41) is 5.78. The Balaban J connectivity index is 1.56. The minimum Gasteiger partial charge on any atom is -0.348 e. The minimum atomic E-state index is -0.0975. The third-order valence-electron chi connectivity index (χ3n) is 4.02. The van der Waals surface area contributed by atoms with Crippen molar-refractivity contribution in [3.8, 4) is 0 Å². The van der Waals surface area contributed by atoms with Gasteiger partial charge in [0.1, 0.15) is 0 Å². The van der Waals surface area contributed by atoms with E-state index in [1.54, 1.807) is 29.2 Å². The van der Waals surface area contributed by atoms with Crippen molar-refractivity contribution in [3.63, 3.8) is 0 Å². The number of thiophene rings is 1. The molecule has 0 aliphatic carbocycles. The van der Waals surface area contributed by atoms with Crippen molar-refractivity contribution < 1.29 is 9.59 Å². The van der Waals surface area contributed by atoms with Gasteiger partial charge in [-0.2, -0.15) is 0 Å². The summed E-state index contributed by atoms with van der Waals surface area (Å²) in [6.07, 6.45) is 1.46. The Hall–Kier alpha value is -1.56. The third kappa shape index (κ3) is 3.91. The van der Waals surface area contributed by atoms with Gasteiger partial charge in [0.15, 0.2) is 0 Å². The van der Waals surface area contributed by atoms with Crippen molar-refractivity contribution in [2.45, 2.75) is 18.9 Å². The summed E-state index contributed by atoms with van der Waals surface area (Å²) in [7, 11) is 0. The number of nitrogens with one attached hydrogen (secondary N) is 1. The van der Waals surface area contributed by atoms with Crippen LogP contribution in [-0.2, 0) is 0 Å². The van der Waals surface area contributed by atoms with Gasteiger partial charge in [-0.15, -0.1) is 11.3 Å². The van der Waals surface area contributed by atoms with E-state index in [0.29, 0.717) is 33.6 Å². The van der Waals surface area contributed by atoms with Crippen molar-refractivity contribution in [1.82, 2.24) is 10.2 Å². The van der Waals surface area contributed by atoms with Crippen LogP contribution >= 0.6 is 34.5 Å². The van der Waals surface area contributed by atoms with E-state index in [4.69, 9.17) is 23.2 Å². The van der Waals surface area contributed by atoms with E-state index < -0.39 is 0 Å². The molecular weight excluding hydrogens is 367 g/mol. The van der Waals surface area contributed by atoms with Crippen molar-refractivity contribution >= 4 is 46.4 Å². The topological polar surface area (TPSA) is 49.4 Å².